The third kappa shape index (κ3) is 4.41. The van der Waals surface area contributed by atoms with Crippen molar-refractivity contribution in [2.75, 3.05) is 32.8 Å². The molecule has 1 saturated heterocycles. The van der Waals surface area contributed by atoms with E-state index in [-0.39, 0.29) is 41.4 Å². The van der Waals surface area contributed by atoms with Gasteiger partial charge in [-0.3, -0.25) is 18.7 Å². The number of benzene rings is 1. The van der Waals surface area contributed by atoms with E-state index in [0.29, 0.717) is 61.1 Å². The van der Waals surface area contributed by atoms with E-state index in [1.807, 2.05) is 0 Å². The first kappa shape index (κ1) is 23.8. The molecule has 6 rings (SSSR count). The van der Waals surface area contributed by atoms with Crippen LogP contribution in [-0.2, 0) is 13.1 Å². The molecule has 0 spiro atoms. The van der Waals surface area contributed by atoms with Crippen molar-refractivity contribution in [3.05, 3.63) is 62.6 Å². The van der Waals surface area contributed by atoms with E-state index >= 15 is 0 Å². The summed E-state index contributed by atoms with van der Waals surface area (Å²) in [6, 6.07) is 6.51. The summed E-state index contributed by atoms with van der Waals surface area (Å²) in [6.07, 6.45) is 3.17. The average molecular weight is 504 g/mol. The molecule has 1 fully saturated rings. The maximum Gasteiger partial charge on any atom is 0.270 e. The minimum Gasteiger partial charge on any atom is -0.486 e. The number of nitrogens with zero attached hydrogens (tertiary/aromatic N) is 4. The summed E-state index contributed by atoms with van der Waals surface area (Å²) >= 11 is 0. The van der Waals surface area contributed by atoms with Crippen molar-refractivity contribution >= 4 is 23.6 Å². The Balaban J connectivity index is 0.00000253. The SMILES string of the molecule is Cl.O=c1cnc2ccc(=O)n3c2n1C[C@H]3CN1CCC(NCc2cc3c(cc2F)OCCO3)CC1. The van der Waals surface area contributed by atoms with Gasteiger partial charge in [-0.2, -0.15) is 0 Å². The third-order valence-electron chi connectivity index (χ3n) is 7.02. The van der Waals surface area contributed by atoms with Crippen LogP contribution in [0.5, 0.6) is 11.5 Å². The molecule has 1 atom stereocenters. The molecule has 0 amide bonds. The van der Waals surface area contributed by atoms with Crippen LogP contribution in [0.1, 0.15) is 24.4 Å². The molecule has 5 heterocycles. The molecule has 0 saturated carbocycles. The highest BCUT2D eigenvalue weighted by Gasteiger charge is 2.29. The number of aromatic nitrogens is 3. The molecule has 2 aromatic heterocycles. The number of rotatable bonds is 5. The predicted octanol–water partition coefficient (Wildman–Crippen LogP) is 1.70. The van der Waals surface area contributed by atoms with Gasteiger partial charge in [-0.1, -0.05) is 0 Å². The second-order valence-electron chi connectivity index (χ2n) is 9.15. The van der Waals surface area contributed by atoms with Crippen LogP contribution >= 0.6 is 12.4 Å². The topological polar surface area (TPSA) is 90.6 Å². The molecular weight excluding hydrogens is 477 g/mol. The molecule has 1 aromatic carbocycles. The van der Waals surface area contributed by atoms with Crippen LogP contribution in [0.3, 0.4) is 0 Å². The standard InChI is InChI=1S/C24H26FN5O4.ClH/c25-18-10-21-20(33-7-8-34-21)9-15(18)11-26-16-3-5-28(6-4-16)13-17-14-29-23(32)12-27-19-1-2-22(31)30(17)24(19)29;/h1-2,9-10,12,16-17,26H,3-8,11,13-14H2;1H/t17-;/m1./s1. The summed E-state index contributed by atoms with van der Waals surface area (Å²) in [5.74, 6) is 0.762. The molecule has 3 aromatic rings. The van der Waals surface area contributed by atoms with E-state index in [1.54, 1.807) is 21.3 Å². The van der Waals surface area contributed by atoms with E-state index in [9.17, 15) is 14.0 Å². The number of fused-ring (bicyclic) bond motifs is 1. The van der Waals surface area contributed by atoms with Crippen LogP contribution in [-0.4, -0.2) is 57.9 Å². The minimum atomic E-state index is -0.292. The molecule has 3 aliphatic rings. The maximum atomic E-state index is 14.4. The first-order chi connectivity index (χ1) is 16.6. The van der Waals surface area contributed by atoms with Crippen LogP contribution in [0, 0.1) is 5.82 Å². The highest BCUT2D eigenvalue weighted by molar-refractivity contribution is 5.85. The zero-order chi connectivity index (χ0) is 23.2. The van der Waals surface area contributed by atoms with Crippen LogP contribution < -0.4 is 25.9 Å². The number of halogens is 2. The van der Waals surface area contributed by atoms with E-state index in [4.69, 9.17) is 9.47 Å². The third-order valence-corrected chi connectivity index (χ3v) is 7.02. The first-order valence-corrected chi connectivity index (χ1v) is 11.7. The lowest BCUT2D eigenvalue weighted by atomic mass is 10.0. The molecule has 1 N–H and O–H groups in total. The summed E-state index contributed by atoms with van der Waals surface area (Å²) in [4.78, 5) is 31.4. The highest BCUT2D eigenvalue weighted by atomic mass is 35.5. The Bertz CT molecular complexity index is 1360. The molecule has 186 valence electrons. The van der Waals surface area contributed by atoms with Gasteiger partial charge in [-0.15, -0.1) is 12.4 Å². The molecule has 11 heteroatoms. The van der Waals surface area contributed by atoms with Crippen molar-refractivity contribution in [3.8, 4) is 11.5 Å². The Morgan fingerprint density at radius 2 is 1.80 bits per heavy atom. The lowest BCUT2D eigenvalue weighted by molar-refractivity contribution is 0.168. The minimum absolute atomic E-state index is 0. The second kappa shape index (κ2) is 9.60. The molecule has 0 unspecified atom stereocenters. The molecule has 9 nitrogen and oxygen atoms in total. The normalized spacial score (nSPS) is 19.6. The summed E-state index contributed by atoms with van der Waals surface area (Å²) in [6.45, 7) is 4.26. The average Bonchev–Trinajstić information content (AvgIpc) is 3.23. The molecule has 35 heavy (non-hydrogen) atoms. The summed E-state index contributed by atoms with van der Waals surface area (Å²) in [5, 5.41) is 3.47. The fourth-order valence-corrected chi connectivity index (χ4v) is 5.28. The number of hydrogen-bond donors (Lipinski definition) is 1. The zero-order valence-corrected chi connectivity index (χ0v) is 19.9. The van der Waals surface area contributed by atoms with Crippen molar-refractivity contribution < 1.29 is 13.9 Å². The second-order valence-corrected chi connectivity index (χ2v) is 9.15. The summed E-state index contributed by atoms with van der Waals surface area (Å²) in [7, 11) is 0. The number of hydrogen-bond acceptors (Lipinski definition) is 7. The number of piperidine rings is 1. The van der Waals surface area contributed by atoms with Crippen molar-refractivity contribution in [3.63, 3.8) is 0 Å². The van der Waals surface area contributed by atoms with Crippen molar-refractivity contribution in [2.45, 2.75) is 38.0 Å². The molecule has 0 bridgehead atoms. The van der Waals surface area contributed by atoms with Crippen LogP contribution in [0.15, 0.2) is 40.1 Å². The van der Waals surface area contributed by atoms with Gasteiger partial charge in [0.05, 0.1) is 12.2 Å². The number of ether oxygens (including phenoxy) is 2. The lowest BCUT2D eigenvalue weighted by Gasteiger charge is -2.34. The zero-order valence-electron chi connectivity index (χ0n) is 19.1. The van der Waals surface area contributed by atoms with E-state index in [0.717, 1.165) is 25.9 Å². The van der Waals surface area contributed by atoms with E-state index < -0.39 is 0 Å². The fourth-order valence-electron chi connectivity index (χ4n) is 5.28. The Hall–Kier alpha value is -2.95. The number of nitrogens with one attached hydrogen (secondary N) is 1. The van der Waals surface area contributed by atoms with Crippen LogP contribution in [0.4, 0.5) is 4.39 Å². The molecule has 0 radical (unpaired) electrons. The quantitative estimate of drug-likeness (QED) is 0.566. The monoisotopic (exact) mass is 503 g/mol. The maximum absolute atomic E-state index is 14.4. The molecule has 0 aliphatic carbocycles. The predicted molar refractivity (Wildman–Crippen MR) is 130 cm³/mol. The van der Waals surface area contributed by atoms with Gasteiger partial charge >= 0.3 is 0 Å². The van der Waals surface area contributed by atoms with Gasteiger partial charge in [0.25, 0.3) is 11.1 Å². The Morgan fingerprint density at radius 3 is 2.57 bits per heavy atom. The van der Waals surface area contributed by atoms with Crippen molar-refractivity contribution in [2.24, 2.45) is 0 Å². The smallest absolute Gasteiger partial charge is 0.270 e. The lowest BCUT2D eigenvalue weighted by Crippen LogP contribution is -2.44. The fraction of sp³-hybridized carbons (Fsp3) is 0.458. The Kier molecular flexibility index (Phi) is 6.52. The molecular formula is C24H27ClFN5O4. The van der Waals surface area contributed by atoms with Crippen LogP contribution in [0.2, 0.25) is 0 Å². The largest absolute Gasteiger partial charge is 0.486 e. The summed E-state index contributed by atoms with van der Waals surface area (Å²) < 4.78 is 28.8. The highest BCUT2D eigenvalue weighted by Crippen LogP contribution is 2.32. The Labute approximate surface area is 206 Å². The van der Waals surface area contributed by atoms with Gasteiger partial charge in [0, 0.05) is 43.4 Å². The van der Waals surface area contributed by atoms with Crippen molar-refractivity contribution in [1.82, 2.24) is 24.3 Å². The first-order valence-electron chi connectivity index (χ1n) is 11.7. The number of likely N-dealkylation sites (tertiary alicyclic amines) is 1. The van der Waals surface area contributed by atoms with Gasteiger partial charge in [0.15, 0.2) is 11.5 Å². The van der Waals surface area contributed by atoms with E-state index in [1.165, 1.54) is 18.3 Å². The van der Waals surface area contributed by atoms with Gasteiger partial charge in [-0.05, 0) is 38.1 Å². The molecule has 3 aliphatic heterocycles. The van der Waals surface area contributed by atoms with Crippen LogP contribution in [0.25, 0.3) is 11.2 Å². The van der Waals surface area contributed by atoms with Gasteiger partial charge in [0.2, 0.25) is 0 Å². The van der Waals surface area contributed by atoms with Gasteiger partial charge in [0.1, 0.15) is 30.2 Å². The van der Waals surface area contributed by atoms with Gasteiger partial charge < -0.3 is 19.7 Å². The van der Waals surface area contributed by atoms with E-state index in [2.05, 4.69) is 15.2 Å². The Morgan fingerprint density at radius 1 is 1.06 bits per heavy atom. The van der Waals surface area contributed by atoms with Gasteiger partial charge in [-0.25, -0.2) is 9.37 Å². The number of pyridine rings is 1. The summed E-state index contributed by atoms with van der Waals surface area (Å²) in [5.41, 5.74) is 1.57. The van der Waals surface area contributed by atoms with Crippen molar-refractivity contribution in [1.29, 1.82) is 0 Å².